The molecule has 4 atom stereocenters. The second-order valence-corrected chi connectivity index (χ2v) is 10.4. The van der Waals surface area contributed by atoms with Crippen molar-refractivity contribution in [3.05, 3.63) is 0 Å². The van der Waals surface area contributed by atoms with Crippen LogP contribution in [0.15, 0.2) is 0 Å². The zero-order valence-electron chi connectivity index (χ0n) is 19.1. The van der Waals surface area contributed by atoms with E-state index >= 15 is 0 Å². The van der Waals surface area contributed by atoms with Crippen LogP contribution in [0.2, 0.25) is 0 Å². The van der Waals surface area contributed by atoms with Gasteiger partial charge in [0.05, 0.1) is 31.7 Å². The van der Waals surface area contributed by atoms with Crippen molar-refractivity contribution in [2.75, 3.05) is 11.0 Å². The van der Waals surface area contributed by atoms with Gasteiger partial charge in [-0.25, -0.2) is 4.79 Å². The predicted molar refractivity (Wildman–Crippen MR) is 120 cm³/mol. The maximum absolute atomic E-state index is 11.6. The van der Waals surface area contributed by atoms with Crippen LogP contribution >= 0.6 is 22.6 Å². The molecule has 180 valence electrons. The Morgan fingerprint density at radius 3 is 2.03 bits per heavy atom. The SMILES string of the molecule is CC(C)(C)OC(=O)C[C@H](O)C[C@H]1CO1.CC(C)(C)OC(=O)C[C@H]1C[C@@H](CI)OC(=O)O1. The Bertz CT molecular complexity index is 605. The van der Waals surface area contributed by atoms with Gasteiger partial charge >= 0.3 is 18.1 Å². The van der Waals surface area contributed by atoms with Crippen LogP contribution in [0.25, 0.3) is 0 Å². The quantitative estimate of drug-likeness (QED) is 0.165. The maximum Gasteiger partial charge on any atom is 0.508 e. The zero-order valence-corrected chi connectivity index (χ0v) is 21.3. The molecule has 0 aromatic heterocycles. The highest BCUT2D eigenvalue weighted by molar-refractivity contribution is 14.1. The number of carbonyl (C=O) groups excluding carboxylic acids is 3. The summed E-state index contributed by atoms with van der Waals surface area (Å²) in [5.41, 5.74) is -0.998. The average Bonchev–Trinajstić information content (AvgIpc) is 3.34. The average molecular weight is 558 g/mol. The van der Waals surface area contributed by atoms with Crippen molar-refractivity contribution in [1.29, 1.82) is 0 Å². The Morgan fingerprint density at radius 1 is 1.03 bits per heavy atom. The summed E-state index contributed by atoms with van der Waals surface area (Å²) in [6, 6.07) is 0. The molecule has 2 heterocycles. The summed E-state index contributed by atoms with van der Waals surface area (Å²) in [6.07, 6.45) is -0.615. The minimum Gasteiger partial charge on any atom is -0.460 e. The van der Waals surface area contributed by atoms with E-state index in [1.54, 1.807) is 41.5 Å². The Labute approximate surface area is 197 Å². The molecule has 0 spiro atoms. The first kappa shape index (κ1) is 27.9. The summed E-state index contributed by atoms with van der Waals surface area (Å²) in [6.45, 7) is 11.5. The molecule has 2 rings (SSSR count). The van der Waals surface area contributed by atoms with Crippen molar-refractivity contribution in [3.63, 3.8) is 0 Å². The molecular weight excluding hydrogens is 523 g/mol. The third-order valence-corrected chi connectivity index (χ3v) is 4.78. The first-order valence-corrected chi connectivity index (χ1v) is 11.9. The number of rotatable bonds is 7. The monoisotopic (exact) mass is 558 g/mol. The van der Waals surface area contributed by atoms with E-state index in [1.807, 2.05) is 0 Å². The number of carbonyl (C=O) groups is 3. The number of aliphatic hydroxyl groups excluding tert-OH is 1. The van der Waals surface area contributed by atoms with E-state index in [9.17, 15) is 19.5 Å². The van der Waals surface area contributed by atoms with Gasteiger partial charge in [-0.15, -0.1) is 0 Å². The predicted octanol–water partition coefficient (Wildman–Crippen LogP) is 3.32. The number of esters is 2. The van der Waals surface area contributed by atoms with Gasteiger partial charge in [-0.1, -0.05) is 22.6 Å². The minimum atomic E-state index is -0.702. The van der Waals surface area contributed by atoms with E-state index in [-0.39, 0.29) is 37.0 Å². The number of aliphatic hydroxyl groups is 1. The van der Waals surface area contributed by atoms with E-state index in [0.29, 0.717) is 23.9 Å². The molecule has 1 N–H and O–H groups in total. The van der Waals surface area contributed by atoms with Crippen LogP contribution in [0.3, 0.4) is 0 Å². The van der Waals surface area contributed by atoms with Crippen LogP contribution in [-0.2, 0) is 33.3 Å². The molecule has 0 amide bonds. The lowest BCUT2D eigenvalue weighted by Crippen LogP contribution is -2.37. The zero-order chi connectivity index (χ0) is 23.8. The topological polar surface area (TPSA) is 121 Å². The lowest BCUT2D eigenvalue weighted by molar-refractivity contribution is -0.159. The smallest absolute Gasteiger partial charge is 0.460 e. The lowest BCUT2D eigenvalue weighted by Gasteiger charge is -2.28. The van der Waals surface area contributed by atoms with Crippen LogP contribution in [-0.4, -0.2) is 69.9 Å². The van der Waals surface area contributed by atoms with Gasteiger partial charge < -0.3 is 28.8 Å². The normalized spacial score (nSPS) is 24.0. The number of ether oxygens (including phenoxy) is 5. The standard InChI is InChI=1S/C11H17IO5.C10H18O4/c1-11(2,3)17-9(13)5-7-4-8(6-12)16-10(14)15-7;1-10(2,3)14-9(12)5-7(11)4-8-6-13-8/h7-8H,4-6H2,1-3H3;7-8,11H,4-6H2,1-3H3/t2*7-,8+/m11/s1. The summed E-state index contributed by atoms with van der Waals surface area (Å²) in [4.78, 5) is 33.9. The summed E-state index contributed by atoms with van der Waals surface area (Å²) in [5, 5.41) is 9.45. The van der Waals surface area contributed by atoms with Crippen molar-refractivity contribution in [3.8, 4) is 0 Å². The van der Waals surface area contributed by atoms with Gasteiger partial charge in [0, 0.05) is 17.3 Å². The Kier molecular flexibility index (Phi) is 11.0. The second kappa shape index (κ2) is 12.2. The van der Waals surface area contributed by atoms with Gasteiger partial charge in [0.15, 0.2) is 0 Å². The van der Waals surface area contributed by atoms with Gasteiger partial charge in [0.25, 0.3) is 0 Å². The molecule has 9 nitrogen and oxygen atoms in total. The fourth-order valence-electron chi connectivity index (χ4n) is 2.64. The van der Waals surface area contributed by atoms with Gasteiger partial charge in [-0.05, 0) is 41.5 Å². The van der Waals surface area contributed by atoms with Gasteiger partial charge in [0.1, 0.15) is 23.4 Å². The van der Waals surface area contributed by atoms with Crippen molar-refractivity contribution in [2.45, 2.75) is 103 Å². The number of hydrogen-bond acceptors (Lipinski definition) is 9. The highest BCUT2D eigenvalue weighted by Gasteiger charge is 2.32. The third kappa shape index (κ3) is 14.5. The van der Waals surface area contributed by atoms with Crippen molar-refractivity contribution >= 4 is 40.7 Å². The van der Waals surface area contributed by atoms with Gasteiger partial charge in [0.2, 0.25) is 0 Å². The van der Waals surface area contributed by atoms with E-state index in [1.165, 1.54) is 0 Å². The van der Waals surface area contributed by atoms with E-state index < -0.39 is 29.6 Å². The molecule has 0 unspecified atom stereocenters. The lowest BCUT2D eigenvalue weighted by atomic mass is 10.1. The summed E-state index contributed by atoms with van der Waals surface area (Å²) < 4.78 is 25.7. The number of hydrogen-bond donors (Lipinski definition) is 1. The molecule has 31 heavy (non-hydrogen) atoms. The van der Waals surface area contributed by atoms with Crippen LogP contribution in [0.4, 0.5) is 4.79 Å². The Hall–Kier alpha value is -1.14. The molecule has 2 aliphatic heterocycles. The molecule has 0 aromatic rings. The van der Waals surface area contributed by atoms with E-state index in [2.05, 4.69) is 22.6 Å². The minimum absolute atomic E-state index is 0.0527. The van der Waals surface area contributed by atoms with Crippen LogP contribution in [0, 0.1) is 0 Å². The van der Waals surface area contributed by atoms with Crippen molar-refractivity contribution < 1.29 is 43.2 Å². The number of alkyl halides is 1. The fourth-order valence-corrected chi connectivity index (χ4v) is 3.18. The van der Waals surface area contributed by atoms with E-state index in [0.717, 1.165) is 0 Å². The number of cyclic esters (lactones) is 2. The molecule has 0 radical (unpaired) electrons. The van der Waals surface area contributed by atoms with Gasteiger partial charge in [-0.3, -0.25) is 9.59 Å². The summed E-state index contributed by atoms with van der Waals surface area (Å²) >= 11 is 2.13. The molecule has 0 saturated carbocycles. The van der Waals surface area contributed by atoms with Crippen molar-refractivity contribution in [2.24, 2.45) is 0 Å². The third-order valence-electron chi connectivity index (χ3n) is 3.80. The Balaban J connectivity index is 0.000000316. The van der Waals surface area contributed by atoms with Crippen LogP contribution < -0.4 is 0 Å². The molecular formula is C21H35IO9. The first-order chi connectivity index (χ1) is 14.2. The molecule has 2 aliphatic rings. The first-order valence-electron chi connectivity index (χ1n) is 10.3. The molecule has 0 aliphatic carbocycles. The highest BCUT2D eigenvalue weighted by atomic mass is 127. The van der Waals surface area contributed by atoms with Gasteiger partial charge in [-0.2, -0.15) is 0 Å². The molecule has 0 aromatic carbocycles. The second-order valence-electron chi connectivity index (χ2n) is 9.55. The summed E-state index contributed by atoms with van der Waals surface area (Å²) in [5.74, 6) is -0.713. The Morgan fingerprint density at radius 2 is 1.55 bits per heavy atom. The van der Waals surface area contributed by atoms with Crippen LogP contribution in [0.5, 0.6) is 0 Å². The number of epoxide rings is 1. The largest absolute Gasteiger partial charge is 0.508 e. The fraction of sp³-hybridized carbons (Fsp3) is 0.857. The molecule has 0 bridgehead atoms. The van der Waals surface area contributed by atoms with E-state index in [4.69, 9.17) is 23.7 Å². The number of halogens is 1. The maximum atomic E-state index is 11.6. The summed E-state index contributed by atoms with van der Waals surface area (Å²) in [7, 11) is 0. The molecule has 2 saturated heterocycles. The molecule has 2 fully saturated rings. The highest BCUT2D eigenvalue weighted by Crippen LogP contribution is 2.21. The van der Waals surface area contributed by atoms with Crippen LogP contribution in [0.1, 0.15) is 67.2 Å². The molecule has 10 heteroatoms. The van der Waals surface area contributed by atoms with Crippen molar-refractivity contribution in [1.82, 2.24) is 0 Å².